The van der Waals surface area contributed by atoms with Gasteiger partial charge in [-0.1, -0.05) is 42.5 Å². The molecule has 1 saturated heterocycles. The van der Waals surface area contributed by atoms with Crippen LogP contribution in [0.15, 0.2) is 54.6 Å². The summed E-state index contributed by atoms with van der Waals surface area (Å²) >= 11 is 0. The fourth-order valence-corrected chi connectivity index (χ4v) is 3.17. The fourth-order valence-electron chi connectivity index (χ4n) is 3.17. The molecule has 1 aliphatic rings. The second-order valence-corrected chi connectivity index (χ2v) is 6.23. The van der Waals surface area contributed by atoms with Crippen molar-refractivity contribution in [3.8, 4) is 0 Å². The van der Waals surface area contributed by atoms with Crippen LogP contribution >= 0.6 is 12.4 Å². The predicted molar refractivity (Wildman–Crippen MR) is 103 cm³/mol. The number of nitrogen functional groups attached to an aromatic ring is 1. The number of carbonyl (C=O) groups is 1. The monoisotopic (exact) mass is 360 g/mol. The number of hydrogen-bond donors (Lipinski definition) is 2. The van der Waals surface area contributed by atoms with Gasteiger partial charge < -0.3 is 15.8 Å². The summed E-state index contributed by atoms with van der Waals surface area (Å²) in [6.45, 7) is 1.34. The Kier molecular flexibility index (Phi) is 7.29. The maximum Gasteiger partial charge on any atom is 0.226 e. The summed E-state index contributed by atoms with van der Waals surface area (Å²) in [6.07, 6.45) is 2.46. The summed E-state index contributed by atoms with van der Waals surface area (Å²) in [4.78, 5) is 12.6. The van der Waals surface area contributed by atoms with E-state index in [0.29, 0.717) is 6.54 Å². The average molecular weight is 361 g/mol. The number of ether oxygens (including phenoxy) is 1. The molecular formula is C20H25ClN2O2. The molecule has 1 heterocycles. The van der Waals surface area contributed by atoms with Crippen LogP contribution in [-0.4, -0.2) is 19.1 Å². The number of halogens is 1. The van der Waals surface area contributed by atoms with Crippen molar-refractivity contribution in [2.45, 2.75) is 25.4 Å². The third-order valence-electron chi connectivity index (χ3n) is 4.48. The van der Waals surface area contributed by atoms with Crippen LogP contribution in [0.25, 0.3) is 0 Å². The number of hydrogen-bond acceptors (Lipinski definition) is 3. The highest BCUT2D eigenvalue weighted by Gasteiger charge is 2.32. The van der Waals surface area contributed by atoms with Gasteiger partial charge in [0.1, 0.15) is 0 Å². The molecule has 2 aromatic carbocycles. The van der Waals surface area contributed by atoms with Crippen LogP contribution in [0.2, 0.25) is 0 Å². The standard InChI is InChI=1S/C20H24N2O2.ClH/c21-17-10-8-15(9-11-17)12-13-22-20(23)18-7-4-14-24-19(18)16-5-2-1-3-6-16;/h1-3,5-6,8-11,18-19H,4,7,12-14,21H2,(H,22,23);1H. The highest BCUT2D eigenvalue weighted by Crippen LogP contribution is 2.33. The van der Waals surface area contributed by atoms with Gasteiger partial charge in [0.05, 0.1) is 12.0 Å². The lowest BCUT2D eigenvalue weighted by atomic mass is 9.88. The molecule has 0 saturated carbocycles. The van der Waals surface area contributed by atoms with E-state index in [-0.39, 0.29) is 30.3 Å². The lowest BCUT2D eigenvalue weighted by Crippen LogP contribution is -2.38. The molecule has 2 aromatic rings. The minimum Gasteiger partial charge on any atom is -0.399 e. The number of nitrogens with one attached hydrogen (secondary N) is 1. The molecule has 2 atom stereocenters. The van der Waals surface area contributed by atoms with Gasteiger partial charge in [0.25, 0.3) is 0 Å². The molecule has 0 spiro atoms. The normalized spacial score (nSPS) is 19.7. The van der Waals surface area contributed by atoms with Crippen LogP contribution in [0, 0.1) is 5.92 Å². The molecule has 5 heteroatoms. The van der Waals surface area contributed by atoms with Crippen molar-refractivity contribution in [1.29, 1.82) is 0 Å². The minimum absolute atomic E-state index is 0. The van der Waals surface area contributed by atoms with E-state index in [2.05, 4.69) is 5.32 Å². The first-order chi connectivity index (χ1) is 11.7. The van der Waals surface area contributed by atoms with Gasteiger partial charge in [0.2, 0.25) is 5.91 Å². The van der Waals surface area contributed by atoms with Gasteiger partial charge in [-0.3, -0.25) is 4.79 Å². The first-order valence-electron chi connectivity index (χ1n) is 8.53. The summed E-state index contributed by atoms with van der Waals surface area (Å²) < 4.78 is 5.90. The molecule has 25 heavy (non-hydrogen) atoms. The van der Waals surface area contributed by atoms with E-state index in [1.54, 1.807) is 0 Å². The molecule has 0 aromatic heterocycles. The molecule has 134 valence electrons. The average Bonchev–Trinajstić information content (AvgIpc) is 2.64. The molecule has 0 radical (unpaired) electrons. The van der Waals surface area contributed by atoms with E-state index < -0.39 is 0 Å². The summed E-state index contributed by atoms with van der Waals surface area (Å²) in [5.74, 6) is -0.0356. The number of amides is 1. The van der Waals surface area contributed by atoms with Gasteiger partial charge in [-0.2, -0.15) is 0 Å². The Morgan fingerprint density at radius 3 is 2.56 bits per heavy atom. The maximum absolute atomic E-state index is 12.6. The van der Waals surface area contributed by atoms with Crippen LogP contribution in [0.1, 0.15) is 30.1 Å². The molecule has 3 rings (SSSR count). The largest absolute Gasteiger partial charge is 0.399 e. The zero-order valence-corrected chi connectivity index (χ0v) is 15.0. The van der Waals surface area contributed by atoms with Gasteiger partial charge in [-0.05, 0) is 42.5 Å². The zero-order chi connectivity index (χ0) is 16.8. The van der Waals surface area contributed by atoms with Crippen molar-refractivity contribution < 1.29 is 9.53 Å². The number of carbonyl (C=O) groups excluding carboxylic acids is 1. The lowest BCUT2D eigenvalue weighted by molar-refractivity contribution is -0.134. The van der Waals surface area contributed by atoms with Gasteiger partial charge in [0, 0.05) is 18.8 Å². The Morgan fingerprint density at radius 2 is 1.84 bits per heavy atom. The number of anilines is 1. The van der Waals surface area contributed by atoms with Crippen molar-refractivity contribution >= 4 is 24.0 Å². The molecule has 1 fully saturated rings. The molecule has 0 aliphatic carbocycles. The van der Waals surface area contributed by atoms with Crippen LogP contribution in [0.5, 0.6) is 0 Å². The lowest BCUT2D eigenvalue weighted by Gasteiger charge is -2.31. The Morgan fingerprint density at radius 1 is 1.12 bits per heavy atom. The van der Waals surface area contributed by atoms with E-state index >= 15 is 0 Å². The Balaban J connectivity index is 0.00000225. The summed E-state index contributed by atoms with van der Waals surface area (Å²) in [5, 5.41) is 3.07. The van der Waals surface area contributed by atoms with E-state index in [0.717, 1.165) is 37.1 Å². The van der Waals surface area contributed by atoms with Crippen LogP contribution in [0.3, 0.4) is 0 Å². The topological polar surface area (TPSA) is 64.3 Å². The van der Waals surface area contributed by atoms with Crippen LogP contribution in [0.4, 0.5) is 5.69 Å². The van der Waals surface area contributed by atoms with E-state index in [4.69, 9.17) is 10.5 Å². The summed E-state index contributed by atoms with van der Waals surface area (Å²) in [7, 11) is 0. The summed E-state index contributed by atoms with van der Waals surface area (Å²) in [6, 6.07) is 17.8. The van der Waals surface area contributed by atoms with Gasteiger partial charge in [-0.25, -0.2) is 0 Å². The van der Waals surface area contributed by atoms with Gasteiger partial charge in [0.15, 0.2) is 0 Å². The second-order valence-electron chi connectivity index (χ2n) is 6.23. The molecular weight excluding hydrogens is 336 g/mol. The zero-order valence-electron chi connectivity index (χ0n) is 14.2. The Labute approximate surface area is 155 Å². The minimum atomic E-state index is -0.142. The Bertz CT molecular complexity index is 661. The quantitative estimate of drug-likeness (QED) is 0.802. The number of rotatable bonds is 5. The maximum atomic E-state index is 12.6. The molecule has 1 amide bonds. The molecule has 4 nitrogen and oxygen atoms in total. The van der Waals surface area contributed by atoms with Crippen molar-refractivity contribution in [3.05, 3.63) is 65.7 Å². The highest BCUT2D eigenvalue weighted by molar-refractivity contribution is 5.85. The highest BCUT2D eigenvalue weighted by atomic mass is 35.5. The van der Waals surface area contributed by atoms with E-state index in [1.807, 2.05) is 54.6 Å². The summed E-state index contributed by atoms with van der Waals surface area (Å²) in [5.41, 5.74) is 8.70. The van der Waals surface area contributed by atoms with Crippen molar-refractivity contribution in [1.82, 2.24) is 5.32 Å². The predicted octanol–water partition coefficient (Wildman–Crippen LogP) is 3.52. The van der Waals surface area contributed by atoms with Crippen molar-refractivity contribution in [2.24, 2.45) is 5.92 Å². The van der Waals surface area contributed by atoms with Crippen LogP contribution < -0.4 is 11.1 Å². The SMILES string of the molecule is Cl.Nc1ccc(CCNC(=O)C2CCCOC2c2ccccc2)cc1. The van der Waals surface area contributed by atoms with Gasteiger partial charge in [-0.15, -0.1) is 12.4 Å². The third-order valence-corrected chi connectivity index (χ3v) is 4.48. The van der Waals surface area contributed by atoms with Crippen molar-refractivity contribution in [3.63, 3.8) is 0 Å². The Hall–Kier alpha value is -2.04. The van der Waals surface area contributed by atoms with Gasteiger partial charge >= 0.3 is 0 Å². The number of nitrogens with two attached hydrogens (primary N) is 1. The van der Waals surface area contributed by atoms with E-state index in [9.17, 15) is 4.79 Å². The molecule has 0 bridgehead atoms. The fraction of sp³-hybridized carbons (Fsp3) is 0.350. The first kappa shape index (κ1) is 19.3. The smallest absolute Gasteiger partial charge is 0.226 e. The molecule has 1 aliphatic heterocycles. The second kappa shape index (κ2) is 9.44. The first-order valence-corrected chi connectivity index (χ1v) is 8.53. The number of benzene rings is 2. The van der Waals surface area contributed by atoms with Crippen molar-refractivity contribution in [2.75, 3.05) is 18.9 Å². The van der Waals surface area contributed by atoms with Crippen LogP contribution in [-0.2, 0) is 16.0 Å². The molecule has 3 N–H and O–H groups in total. The third kappa shape index (κ3) is 5.21. The van der Waals surface area contributed by atoms with E-state index in [1.165, 1.54) is 5.56 Å². The molecule has 2 unspecified atom stereocenters.